The molecule has 0 saturated carbocycles. The van der Waals surface area contributed by atoms with Crippen molar-refractivity contribution in [3.8, 4) is 0 Å². The van der Waals surface area contributed by atoms with E-state index in [2.05, 4.69) is 19.3 Å². The Morgan fingerprint density at radius 1 is 1.32 bits per heavy atom. The smallest absolute Gasteiger partial charge is 0.0729 e. The molecule has 0 aromatic heterocycles. The van der Waals surface area contributed by atoms with Gasteiger partial charge >= 0.3 is 0 Å². The van der Waals surface area contributed by atoms with Crippen LogP contribution in [0.2, 0.25) is 0 Å². The van der Waals surface area contributed by atoms with Gasteiger partial charge in [0.2, 0.25) is 0 Å². The molecule has 0 aliphatic carbocycles. The maximum Gasteiger partial charge on any atom is 0.0729 e. The molecule has 2 unspecified atom stereocenters. The van der Waals surface area contributed by atoms with Gasteiger partial charge < -0.3 is 9.47 Å². The van der Waals surface area contributed by atoms with Crippen LogP contribution in [0.5, 0.6) is 0 Å². The molecule has 0 aromatic rings. The highest BCUT2D eigenvalue weighted by Crippen LogP contribution is 2.38. The van der Waals surface area contributed by atoms with Gasteiger partial charge in [-0.15, -0.1) is 0 Å². The van der Waals surface area contributed by atoms with Gasteiger partial charge in [-0.1, -0.05) is 13.8 Å². The fraction of sp³-hybridized carbons (Fsp3) is 1.00. The van der Waals surface area contributed by atoms with Crippen molar-refractivity contribution in [2.24, 2.45) is 11.8 Å². The van der Waals surface area contributed by atoms with E-state index in [-0.39, 0.29) is 5.60 Å². The quantitative estimate of drug-likeness (QED) is 0.598. The van der Waals surface area contributed by atoms with Crippen LogP contribution >= 0.6 is 11.8 Å². The highest BCUT2D eigenvalue weighted by atomic mass is 32.2. The first-order valence-corrected chi connectivity index (χ1v) is 8.49. The summed E-state index contributed by atoms with van der Waals surface area (Å²) in [7, 11) is 0. The molecule has 5 heteroatoms. The highest BCUT2D eigenvalue weighted by molar-refractivity contribution is 7.99. The Hall–Kier alpha value is 0.190. The SMILES string of the molecule is CC(C)SCC(NN)C1CCOC2(CCOCC2)C1. The first-order chi connectivity index (χ1) is 9.15. The molecule has 0 bridgehead atoms. The first-order valence-electron chi connectivity index (χ1n) is 7.45. The lowest BCUT2D eigenvalue weighted by molar-refractivity contribution is -0.149. The average Bonchev–Trinajstić information content (AvgIpc) is 2.40. The van der Waals surface area contributed by atoms with E-state index in [9.17, 15) is 0 Å². The van der Waals surface area contributed by atoms with Gasteiger partial charge in [-0.3, -0.25) is 11.3 Å². The summed E-state index contributed by atoms with van der Waals surface area (Å²) in [6.45, 7) is 7.03. The van der Waals surface area contributed by atoms with Gasteiger partial charge in [0.05, 0.1) is 5.60 Å². The summed E-state index contributed by atoms with van der Waals surface area (Å²) in [5, 5.41) is 0.660. The van der Waals surface area contributed by atoms with Crippen LogP contribution < -0.4 is 11.3 Å². The molecule has 0 amide bonds. The van der Waals surface area contributed by atoms with Crippen molar-refractivity contribution in [1.29, 1.82) is 0 Å². The monoisotopic (exact) mass is 288 g/mol. The van der Waals surface area contributed by atoms with Crippen molar-refractivity contribution in [3.05, 3.63) is 0 Å². The van der Waals surface area contributed by atoms with E-state index >= 15 is 0 Å². The average molecular weight is 288 g/mol. The fourth-order valence-corrected chi connectivity index (χ4v) is 4.08. The molecule has 19 heavy (non-hydrogen) atoms. The van der Waals surface area contributed by atoms with Crippen molar-refractivity contribution in [2.75, 3.05) is 25.6 Å². The topological polar surface area (TPSA) is 56.5 Å². The molecule has 2 aliphatic heterocycles. The zero-order valence-electron chi connectivity index (χ0n) is 12.2. The lowest BCUT2D eigenvalue weighted by Crippen LogP contribution is -2.51. The minimum Gasteiger partial charge on any atom is -0.381 e. The molecule has 2 aliphatic rings. The predicted octanol–water partition coefficient (Wildman–Crippen LogP) is 1.94. The van der Waals surface area contributed by atoms with Gasteiger partial charge in [-0.25, -0.2) is 0 Å². The van der Waals surface area contributed by atoms with Gasteiger partial charge in [0.1, 0.15) is 0 Å². The molecule has 4 nitrogen and oxygen atoms in total. The minimum absolute atomic E-state index is 0.0682. The van der Waals surface area contributed by atoms with E-state index in [1.54, 1.807) is 0 Å². The Morgan fingerprint density at radius 3 is 2.68 bits per heavy atom. The maximum atomic E-state index is 6.10. The summed E-state index contributed by atoms with van der Waals surface area (Å²) in [4.78, 5) is 0. The molecule has 2 saturated heterocycles. The molecular formula is C14H28N2O2S. The van der Waals surface area contributed by atoms with Crippen LogP contribution in [-0.4, -0.2) is 42.5 Å². The second-order valence-electron chi connectivity index (χ2n) is 6.05. The van der Waals surface area contributed by atoms with Crippen molar-refractivity contribution in [1.82, 2.24) is 5.43 Å². The molecule has 112 valence electrons. The third-order valence-electron chi connectivity index (χ3n) is 4.33. The number of ether oxygens (including phenoxy) is 2. The Balaban J connectivity index is 1.90. The summed E-state index contributed by atoms with van der Waals surface area (Å²) in [5.74, 6) is 7.50. The van der Waals surface area contributed by atoms with Crippen LogP contribution in [0.25, 0.3) is 0 Å². The third kappa shape index (κ3) is 4.33. The predicted molar refractivity (Wildman–Crippen MR) is 80.2 cm³/mol. The van der Waals surface area contributed by atoms with Crippen LogP contribution in [0, 0.1) is 5.92 Å². The van der Waals surface area contributed by atoms with Crippen LogP contribution in [0.1, 0.15) is 39.5 Å². The van der Waals surface area contributed by atoms with Crippen molar-refractivity contribution >= 4 is 11.8 Å². The van der Waals surface area contributed by atoms with E-state index in [1.165, 1.54) is 0 Å². The number of hydrogen-bond acceptors (Lipinski definition) is 5. The minimum atomic E-state index is 0.0682. The van der Waals surface area contributed by atoms with Crippen molar-refractivity contribution in [3.63, 3.8) is 0 Å². The molecule has 2 heterocycles. The summed E-state index contributed by atoms with van der Waals surface area (Å²) >= 11 is 1.98. The van der Waals surface area contributed by atoms with E-state index in [4.69, 9.17) is 15.3 Å². The van der Waals surface area contributed by atoms with Crippen molar-refractivity contribution < 1.29 is 9.47 Å². The number of nitrogens with one attached hydrogen (secondary N) is 1. The molecule has 3 N–H and O–H groups in total. The summed E-state index contributed by atoms with van der Waals surface area (Å²) in [5.41, 5.74) is 3.11. The second-order valence-corrected chi connectivity index (χ2v) is 7.66. The molecule has 2 atom stereocenters. The Bertz CT molecular complexity index is 265. The zero-order valence-corrected chi connectivity index (χ0v) is 13.0. The lowest BCUT2D eigenvalue weighted by atomic mass is 9.78. The lowest BCUT2D eigenvalue weighted by Gasteiger charge is -2.45. The van der Waals surface area contributed by atoms with Crippen LogP contribution in [0.4, 0.5) is 0 Å². The third-order valence-corrected chi connectivity index (χ3v) is 5.55. The second kappa shape index (κ2) is 7.27. The van der Waals surface area contributed by atoms with Crippen LogP contribution in [0.3, 0.4) is 0 Å². The summed E-state index contributed by atoms with van der Waals surface area (Å²) < 4.78 is 11.6. The van der Waals surface area contributed by atoms with Crippen LogP contribution in [0.15, 0.2) is 0 Å². The zero-order chi connectivity index (χ0) is 13.7. The Labute approximate surface area is 121 Å². The Morgan fingerprint density at radius 2 is 2.05 bits per heavy atom. The molecule has 0 radical (unpaired) electrons. The largest absolute Gasteiger partial charge is 0.381 e. The first kappa shape index (κ1) is 15.6. The van der Waals surface area contributed by atoms with E-state index in [0.717, 1.165) is 51.3 Å². The van der Waals surface area contributed by atoms with E-state index in [1.807, 2.05) is 11.8 Å². The Kier molecular flexibility index (Phi) is 5.96. The standard InChI is InChI=1S/C14H28N2O2S/c1-11(2)19-10-13(16-15)12-3-6-18-14(9-12)4-7-17-8-5-14/h11-13,16H,3-10,15H2,1-2H3. The number of hydrazine groups is 1. The number of hydrogen-bond donors (Lipinski definition) is 2. The van der Waals surface area contributed by atoms with E-state index < -0.39 is 0 Å². The fourth-order valence-electron chi connectivity index (χ4n) is 3.12. The number of nitrogens with two attached hydrogens (primary N) is 1. The van der Waals surface area contributed by atoms with Crippen molar-refractivity contribution in [2.45, 2.75) is 56.4 Å². The molecule has 2 fully saturated rings. The normalized spacial score (nSPS) is 28.7. The van der Waals surface area contributed by atoms with Crippen LogP contribution in [-0.2, 0) is 9.47 Å². The van der Waals surface area contributed by atoms with Gasteiger partial charge in [0, 0.05) is 31.6 Å². The van der Waals surface area contributed by atoms with Gasteiger partial charge in [0.15, 0.2) is 0 Å². The number of thioether (sulfide) groups is 1. The summed E-state index contributed by atoms with van der Waals surface area (Å²) in [6, 6.07) is 0.399. The molecule has 1 spiro atoms. The van der Waals surface area contributed by atoms with E-state index in [0.29, 0.717) is 17.2 Å². The van der Waals surface area contributed by atoms with Gasteiger partial charge in [-0.2, -0.15) is 11.8 Å². The molecule has 0 aromatic carbocycles. The van der Waals surface area contributed by atoms with Gasteiger partial charge in [0.25, 0.3) is 0 Å². The number of rotatable bonds is 5. The molecular weight excluding hydrogens is 260 g/mol. The summed E-state index contributed by atoms with van der Waals surface area (Å²) in [6.07, 6.45) is 4.33. The highest BCUT2D eigenvalue weighted by Gasteiger charge is 2.41. The molecule has 2 rings (SSSR count). The maximum absolute atomic E-state index is 6.10. The van der Waals surface area contributed by atoms with Gasteiger partial charge in [-0.05, 0) is 36.9 Å².